The van der Waals surface area contributed by atoms with E-state index in [9.17, 15) is 4.79 Å². The van der Waals surface area contributed by atoms with Gasteiger partial charge in [-0.25, -0.2) is 4.79 Å². The minimum Gasteiger partial charge on any atom is -0.461 e. The Bertz CT molecular complexity index is 493. The molecule has 0 amide bonds. The van der Waals surface area contributed by atoms with Crippen LogP contribution < -0.4 is 0 Å². The fourth-order valence-electron chi connectivity index (χ4n) is 1.80. The Labute approximate surface area is 105 Å². The summed E-state index contributed by atoms with van der Waals surface area (Å²) in [6.45, 7) is 6.63. The number of nitrogens with one attached hydrogen (secondary N) is 1. The van der Waals surface area contributed by atoms with Gasteiger partial charge in [0.2, 0.25) is 0 Å². The average molecular weight is 251 g/mol. The molecule has 17 heavy (non-hydrogen) atoms. The number of aromatic nitrogens is 1. The highest BCUT2D eigenvalue weighted by Crippen LogP contribution is 2.28. The molecule has 0 aliphatic rings. The maximum Gasteiger partial charge on any atom is 0.354 e. The minimum atomic E-state index is -0.277. The molecule has 0 aromatic carbocycles. The van der Waals surface area contributed by atoms with Crippen molar-refractivity contribution in [1.82, 2.24) is 4.98 Å². The average Bonchev–Trinajstić information content (AvgIpc) is 2.74. The monoisotopic (exact) mass is 251 g/mol. The second-order valence-corrected chi connectivity index (χ2v) is 5.66. The first-order valence-electron chi connectivity index (χ1n) is 5.88. The Morgan fingerprint density at radius 2 is 2.24 bits per heavy atom. The molecule has 0 spiro atoms. The Morgan fingerprint density at radius 1 is 1.47 bits per heavy atom. The number of ether oxygens (including phenoxy) is 1. The number of aromatic amines is 1. The first-order chi connectivity index (χ1) is 8.10. The highest BCUT2D eigenvalue weighted by atomic mass is 32.1. The van der Waals surface area contributed by atoms with Gasteiger partial charge in [-0.1, -0.05) is 13.8 Å². The van der Waals surface area contributed by atoms with Gasteiger partial charge in [-0.3, -0.25) is 0 Å². The van der Waals surface area contributed by atoms with Crippen molar-refractivity contribution in [1.29, 1.82) is 0 Å². The molecule has 2 aromatic rings. The predicted molar refractivity (Wildman–Crippen MR) is 70.7 cm³/mol. The van der Waals surface area contributed by atoms with E-state index in [4.69, 9.17) is 4.74 Å². The van der Waals surface area contributed by atoms with E-state index in [0.717, 1.165) is 16.6 Å². The highest BCUT2D eigenvalue weighted by molar-refractivity contribution is 7.19. The van der Waals surface area contributed by atoms with Crippen molar-refractivity contribution in [2.24, 2.45) is 5.92 Å². The van der Waals surface area contributed by atoms with E-state index in [1.807, 2.05) is 13.0 Å². The molecular formula is C13H17NO2S. The summed E-state index contributed by atoms with van der Waals surface area (Å²) < 4.78 is 6.08. The van der Waals surface area contributed by atoms with E-state index in [1.165, 1.54) is 4.88 Å². The van der Waals surface area contributed by atoms with Crippen LogP contribution in [0, 0.1) is 5.92 Å². The van der Waals surface area contributed by atoms with Crippen molar-refractivity contribution in [3.63, 3.8) is 0 Å². The topological polar surface area (TPSA) is 42.1 Å². The third kappa shape index (κ3) is 2.69. The minimum absolute atomic E-state index is 0.277. The van der Waals surface area contributed by atoms with Gasteiger partial charge in [0.25, 0.3) is 0 Å². The molecule has 1 N–H and O–H groups in total. The van der Waals surface area contributed by atoms with Gasteiger partial charge in [-0.05, 0) is 31.4 Å². The largest absolute Gasteiger partial charge is 0.461 e. The second-order valence-electron chi connectivity index (χ2n) is 4.49. The van der Waals surface area contributed by atoms with E-state index >= 15 is 0 Å². The van der Waals surface area contributed by atoms with Crippen LogP contribution in [-0.4, -0.2) is 17.6 Å². The van der Waals surface area contributed by atoms with Crippen molar-refractivity contribution in [3.8, 4) is 0 Å². The van der Waals surface area contributed by atoms with Crippen LogP contribution in [0.1, 0.15) is 36.1 Å². The maximum atomic E-state index is 11.5. The van der Waals surface area contributed by atoms with Gasteiger partial charge in [-0.2, -0.15) is 0 Å². The zero-order chi connectivity index (χ0) is 12.4. The van der Waals surface area contributed by atoms with E-state index in [1.54, 1.807) is 11.3 Å². The van der Waals surface area contributed by atoms with Crippen LogP contribution in [0.25, 0.3) is 10.2 Å². The van der Waals surface area contributed by atoms with Gasteiger partial charge in [0, 0.05) is 4.88 Å². The molecule has 0 unspecified atom stereocenters. The quantitative estimate of drug-likeness (QED) is 0.843. The SMILES string of the molecule is CCOC(=O)c1cc2sc(CC(C)C)cc2[nH]1. The molecule has 0 fully saturated rings. The molecule has 3 nitrogen and oxygen atoms in total. The van der Waals surface area contributed by atoms with E-state index in [0.29, 0.717) is 18.2 Å². The first-order valence-corrected chi connectivity index (χ1v) is 6.70. The number of carbonyl (C=O) groups excluding carboxylic acids is 1. The van der Waals surface area contributed by atoms with Gasteiger partial charge in [0.1, 0.15) is 5.69 Å². The normalized spacial score (nSPS) is 11.3. The summed E-state index contributed by atoms with van der Waals surface area (Å²) in [7, 11) is 0. The lowest BCUT2D eigenvalue weighted by Gasteiger charge is -1.99. The van der Waals surface area contributed by atoms with Crippen LogP contribution in [0.3, 0.4) is 0 Å². The van der Waals surface area contributed by atoms with E-state index < -0.39 is 0 Å². The molecule has 4 heteroatoms. The van der Waals surface area contributed by atoms with Crippen LogP contribution >= 0.6 is 11.3 Å². The molecule has 0 saturated carbocycles. The van der Waals surface area contributed by atoms with Gasteiger partial charge in [-0.15, -0.1) is 11.3 Å². The lowest BCUT2D eigenvalue weighted by molar-refractivity contribution is 0.0520. The molecule has 2 heterocycles. The number of esters is 1. The number of thiophene rings is 1. The van der Waals surface area contributed by atoms with Crippen LogP contribution in [0.2, 0.25) is 0 Å². The van der Waals surface area contributed by atoms with Crippen molar-refractivity contribution >= 4 is 27.5 Å². The Hall–Kier alpha value is -1.29. The summed E-state index contributed by atoms with van der Waals surface area (Å²) in [6, 6.07) is 4.00. The van der Waals surface area contributed by atoms with Crippen molar-refractivity contribution < 1.29 is 9.53 Å². The van der Waals surface area contributed by atoms with Gasteiger partial charge in [0.05, 0.1) is 16.8 Å². The molecule has 0 atom stereocenters. The van der Waals surface area contributed by atoms with Gasteiger partial charge in [0.15, 0.2) is 0 Å². The zero-order valence-corrected chi connectivity index (χ0v) is 11.2. The number of hydrogen-bond acceptors (Lipinski definition) is 3. The first kappa shape index (κ1) is 12.2. The Balaban J connectivity index is 2.22. The summed E-state index contributed by atoms with van der Waals surface area (Å²) in [5.41, 5.74) is 1.58. The number of rotatable bonds is 4. The Morgan fingerprint density at radius 3 is 2.82 bits per heavy atom. The fourth-order valence-corrected chi connectivity index (χ4v) is 3.07. The van der Waals surface area contributed by atoms with Crippen LogP contribution in [-0.2, 0) is 11.2 Å². The summed E-state index contributed by atoms with van der Waals surface area (Å²) in [4.78, 5) is 16.0. The van der Waals surface area contributed by atoms with Crippen molar-refractivity contribution in [2.75, 3.05) is 6.61 Å². The van der Waals surface area contributed by atoms with Crippen molar-refractivity contribution in [3.05, 3.63) is 22.7 Å². The summed E-state index contributed by atoms with van der Waals surface area (Å²) >= 11 is 1.74. The van der Waals surface area contributed by atoms with Crippen LogP contribution in [0.5, 0.6) is 0 Å². The lowest BCUT2D eigenvalue weighted by Crippen LogP contribution is -2.04. The standard InChI is InChI=1S/C13H17NO2S/c1-4-16-13(15)11-7-12-10(14-11)6-9(17-12)5-8(2)3/h6-8,14H,4-5H2,1-3H3. The molecule has 2 rings (SSSR count). The van der Waals surface area contributed by atoms with Crippen LogP contribution in [0.15, 0.2) is 12.1 Å². The number of carbonyl (C=O) groups is 1. The number of hydrogen-bond donors (Lipinski definition) is 1. The predicted octanol–water partition coefficient (Wildman–Crippen LogP) is 3.60. The second kappa shape index (κ2) is 4.92. The van der Waals surface area contributed by atoms with Gasteiger partial charge >= 0.3 is 5.97 Å². The lowest BCUT2D eigenvalue weighted by atomic mass is 10.1. The number of fused-ring (bicyclic) bond motifs is 1. The Kier molecular flexibility index (Phi) is 3.52. The van der Waals surface area contributed by atoms with Gasteiger partial charge < -0.3 is 9.72 Å². The molecule has 0 aliphatic heterocycles. The third-order valence-corrected chi connectivity index (χ3v) is 3.57. The summed E-state index contributed by atoms with van der Waals surface area (Å²) in [5, 5.41) is 0. The third-order valence-electron chi connectivity index (χ3n) is 2.46. The molecule has 0 saturated heterocycles. The smallest absolute Gasteiger partial charge is 0.354 e. The molecule has 0 radical (unpaired) electrons. The number of H-pyrrole nitrogens is 1. The molecule has 92 valence electrons. The van der Waals surface area contributed by atoms with Crippen molar-refractivity contribution in [2.45, 2.75) is 27.2 Å². The highest BCUT2D eigenvalue weighted by Gasteiger charge is 2.12. The molecule has 2 aromatic heterocycles. The summed E-state index contributed by atoms with van der Waals surface area (Å²) in [5.74, 6) is 0.378. The van der Waals surface area contributed by atoms with E-state index in [-0.39, 0.29) is 5.97 Å². The maximum absolute atomic E-state index is 11.5. The molecule has 0 aliphatic carbocycles. The van der Waals surface area contributed by atoms with E-state index in [2.05, 4.69) is 24.9 Å². The summed E-state index contributed by atoms with van der Waals surface area (Å²) in [6.07, 6.45) is 1.09. The molecular weight excluding hydrogens is 234 g/mol. The van der Waals surface area contributed by atoms with Crippen LogP contribution in [0.4, 0.5) is 0 Å². The fraction of sp³-hybridized carbons (Fsp3) is 0.462. The molecule has 0 bridgehead atoms. The zero-order valence-electron chi connectivity index (χ0n) is 10.4.